The van der Waals surface area contributed by atoms with Crippen molar-refractivity contribution in [2.75, 3.05) is 0 Å². The Labute approximate surface area is 155 Å². The molecule has 1 N–H and O–H groups in total. The van der Waals surface area contributed by atoms with Gasteiger partial charge in [0, 0.05) is 10.1 Å². The fraction of sp³-hybridized carbons (Fsp3) is 0.350. The average molecular weight is 382 g/mol. The second-order valence-electron chi connectivity index (χ2n) is 6.30. The molecule has 0 saturated carbocycles. The van der Waals surface area contributed by atoms with Gasteiger partial charge in [0.15, 0.2) is 0 Å². The number of carboxylic acid groups (broad SMARTS) is 1. The molecule has 0 heterocycles. The van der Waals surface area contributed by atoms with Crippen molar-refractivity contribution < 1.29 is 23.1 Å². The van der Waals surface area contributed by atoms with Gasteiger partial charge in [0.25, 0.3) is 0 Å². The highest BCUT2D eigenvalue weighted by molar-refractivity contribution is 8.00. The van der Waals surface area contributed by atoms with Gasteiger partial charge in [-0.2, -0.15) is 13.2 Å². The first kappa shape index (κ1) is 20.4. The van der Waals surface area contributed by atoms with Crippen molar-refractivity contribution in [3.05, 3.63) is 53.6 Å². The smallest absolute Gasteiger partial charge is 0.416 e. The molecule has 0 aliphatic rings. The largest absolute Gasteiger partial charge is 0.481 e. The fourth-order valence-electron chi connectivity index (χ4n) is 2.74. The van der Waals surface area contributed by atoms with E-state index in [0.717, 1.165) is 22.6 Å². The third kappa shape index (κ3) is 4.81. The first-order valence-corrected chi connectivity index (χ1v) is 9.22. The summed E-state index contributed by atoms with van der Waals surface area (Å²) in [5, 5.41) is 9.63. The van der Waals surface area contributed by atoms with Crippen LogP contribution < -0.4 is 0 Å². The third-order valence-corrected chi connectivity index (χ3v) is 5.06. The number of hydrogen-bond acceptors (Lipinski definition) is 2. The Morgan fingerprint density at radius 1 is 1.12 bits per heavy atom. The van der Waals surface area contributed by atoms with E-state index in [4.69, 9.17) is 0 Å². The monoisotopic (exact) mass is 382 g/mol. The van der Waals surface area contributed by atoms with Gasteiger partial charge in [-0.05, 0) is 41.3 Å². The lowest BCUT2D eigenvalue weighted by molar-refractivity contribution is -0.139. The predicted molar refractivity (Wildman–Crippen MR) is 98.5 cm³/mol. The maximum absolute atomic E-state index is 12.8. The van der Waals surface area contributed by atoms with Gasteiger partial charge >= 0.3 is 12.1 Å². The number of halogens is 3. The molecule has 1 atom stereocenters. The maximum Gasteiger partial charge on any atom is 0.416 e. The molecule has 0 fully saturated rings. The van der Waals surface area contributed by atoms with Crippen LogP contribution in [0.4, 0.5) is 13.2 Å². The van der Waals surface area contributed by atoms with Crippen LogP contribution >= 0.6 is 11.8 Å². The van der Waals surface area contributed by atoms with E-state index in [1.807, 2.05) is 26.8 Å². The van der Waals surface area contributed by atoms with Crippen molar-refractivity contribution in [3.8, 4) is 11.1 Å². The van der Waals surface area contributed by atoms with Crippen molar-refractivity contribution in [2.24, 2.45) is 0 Å². The van der Waals surface area contributed by atoms with Gasteiger partial charge in [0.2, 0.25) is 0 Å². The Hall–Kier alpha value is -1.95. The minimum absolute atomic E-state index is 0.253. The lowest BCUT2D eigenvalue weighted by atomic mass is 9.94. The van der Waals surface area contributed by atoms with Gasteiger partial charge in [-0.25, -0.2) is 0 Å². The SMILES string of the molecule is CCC(C(=O)O)c1ccc(-c2ccc(C(F)(F)F)cc2)c(SC(C)C)c1. The highest BCUT2D eigenvalue weighted by atomic mass is 32.2. The van der Waals surface area contributed by atoms with E-state index >= 15 is 0 Å². The summed E-state index contributed by atoms with van der Waals surface area (Å²) in [5.74, 6) is -1.47. The number of carbonyl (C=O) groups is 1. The Kier molecular flexibility index (Phi) is 6.39. The first-order valence-electron chi connectivity index (χ1n) is 8.34. The standard InChI is InChI=1S/C20H21F3O2S/c1-4-16(19(24)25)14-7-10-17(18(11-14)26-12(2)3)13-5-8-15(9-6-13)20(21,22)23/h5-12,16H,4H2,1-3H3,(H,24,25). The highest BCUT2D eigenvalue weighted by Crippen LogP contribution is 2.38. The normalized spacial score (nSPS) is 13.0. The van der Waals surface area contributed by atoms with Gasteiger partial charge in [-0.1, -0.05) is 45.0 Å². The van der Waals surface area contributed by atoms with Crippen LogP contribution in [0.15, 0.2) is 47.4 Å². The van der Waals surface area contributed by atoms with Crippen LogP contribution in [0.3, 0.4) is 0 Å². The quantitative estimate of drug-likeness (QED) is 0.583. The van der Waals surface area contributed by atoms with E-state index in [1.54, 1.807) is 23.9 Å². The zero-order valence-corrected chi connectivity index (χ0v) is 15.6. The molecule has 0 amide bonds. The molecule has 0 aromatic heterocycles. The number of benzene rings is 2. The van der Waals surface area contributed by atoms with E-state index in [0.29, 0.717) is 17.5 Å². The van der Waals surface area contributed by atoms with E-state index in [-0.39, 0.29) is 5.25 Å². The topological polar surface area (TPSA) is 37.3 Å². The maximum atomic E-state index is 12.8. The van der Waals surface area contributed by atoms with Crippen LogP contribution in [-0.4, -0.2) is 16.3 Å². The summed E-state index contributed by atoms with van der Waals surface area (Å²) in [5.41, 5.74) is 1.50. The first-order chi connectivity index (χ1) is 12.1. The Bertz CT molecular complexity index is 768. The lowest BCUT2D eigenvalue weighted by Crippen LogP contribution is -2.10. The molecule has 0 saturated heterocycles. The number of aliphatic carboxylic acids is 1. The van der Waals surface area contributed by atoms with Crippen LogP contribution in [0.25, 0.3) is 11.1 Å². The molecule has 0 aliphatic carbocycles. The van der Waals surface area contributed by atoms with E-state index in [9.17, 15) is 23.1 Å². The summed E-state index contributed by atoms with van der Waals surface area (Å²) in [6.07, 6.45) is -3.89. The van der Waals surface area contributed by atoms with Gasteiger partial charge in [-0.3, -0.25) is 4.79 Å². The molecule has 0 spiro atoms. The molecule has 0 aliphatic heterocycles. The Balaban J connectivity index is 2.49. The van der Waals surface area contributed by atoms with Crippen molar-refractivity contribution in [3.63, 3.8) is 0 Å². The molecular weight excluding hydrogens is 361 g/mol. The molecule has 0 radical (unpaired) electrons. The fourth-order valence-corrected chi connectivity index (χ4v) is 3.76. The van der Waals surface area contributed by atoms with Crippen molar-refractivity contribution >= 4 is 17.7 Å². The molecular formula is C20H21F3O2S. The zero-order chi connectivity index (χ0) is 19.5. The molecule has 0 bridgehead atoms. The second kappa shape index (κ2) is 8.16. The van der Waals surface area contributed by atoms with Crippen molar-refractivity contribution in [1.29, 1.82) is 0 Å². The Morgan fingerprint density at radius 3 is 2.19 bits per heavy atom. The van der Waals surface area contributed by atoms with Gasteiger partial charge in [0.05, 0.1) is 11.5 Å². The summed E-state index contributed by atoms with van der Waals surface area (Å²) < 4.78 is 38.3. The summed E-state index contributed by atoms with van der Waals surface area (Å²) >= 11 is 1.57. The molecule has 2 nitrogen and oxygen atoms in total. The summed E-state index contributed by atoms with van der Waals surface area (Å²) in [7, 11) is 0. The van der Waals surface area contributed by atoms with Gasteiger partial charge in [-0.15, -0.1) is 11.8 Å². The van der Waals surface area contributed by atoms with Crippen LogP contribution in [0.2, 0.25) is 0 Å². The molecule has 2 aromatic rings. The van der Waals surface area contributed by atoms with E-state index in [2.05, 4.69) is 0 Å². The lowest BCUT2D eigenvalue weighted by Gasteiger charge is -2.17. The van der Waals surface area contributed by atoms with Crippen LogP contribution in [0, 0.1) is 0 Å². The molecule has 26 heavy (non-hydrogen) atoms. The van der Waals surface area contributed by atoms with Crippen molar-refractivity contribution in [2.45, 2.75) is 49.4 Å². The zero-order valence-electron chi connectivity index (χ0n) is 14.8. The number of carboxylic acids is 1. The number of rotatable bonds is 6. The molecule has 2 aromatic carbocycles. The number of thioether (sulfide) groups is 1. The number of hydrogen-bond donors (Lipinski definition) is 1. The Morgan fingerprint density at radius 2 is 1.73 bits per heavy atom. The minimum atomic E-state index is -4.37. The minimum Gasteiger partial charge on any atom is -0.481 e. The van der Waals surface area contributed by atoms with Crippen LogP contribution in [0.1, 0.15) is 44.2 Å². The van der Waals surface area contributed by atoms with Gasteiger partial charge < -0.3 is 5.11 Å². The molecule has 2 rings (SSSR count). The molecule has 1 unspecified atom stereocenters. The number of alkyl halides is 3. The van der Waals surface area contributed by atoms with Crippen LogP contribution in [-0.2, 0) is 11.0 Å². The van der Waals surface area contributed by atoms with Crippen LogP contribution in [0.5, 0.6) is 0 Å². The summed E-state index contributed by atoms with van der Waals surface area (Å²) in [6.45, 7) is 5.85. The summed E-state index contributed by atoms with van der Waals surface area (Å²) in [4.78, 5) is 12.3. The predicted octanol–water partition coefficient (Wildman–Crippen LogP) is 6.45. The molecule has 140 valence electrons. The van der Waals surface area contributed by atoms with E-state index < -0.39 is 23.6 Å². The highest BCUT2D eigenvalue weighted by Gasteiger charge is 2.30. The summed E-state index contributed by atoms with van der Waals surface area (Å²) in [6, 6.07) is 10.4. The van der Waals surface area contributed by atoms with E-state index in [1.165, 1.54) is 12.1 Å². The van der Waals surface area contributed by atoms with Crippen molar-refractivity contribution in [1.82, 2.24) is 0 Å². The third-order valence-electron chi connectivity index (χ3n) is 4.00. The average Bonchev–Trinajstić information content (AvgIpc) is 2.54. The molecule has 6 heteroatoms. The second-order valence-corrected chi connectivity index (χ2v) is 7.91. The van der Waals surface area contributed by atoms with Gasteiger partial charge in [0.1, 0.15) is 0 Å².